The molecule has 2 aromatic rings. The molecule has 2 atom stereocenters. The van der Waals surface area contributed by atoms with Gasteiger partial charge in [-0.1, -0.05) is 23.2 Å². The molecular weight excluding hydrogens is 444 g/mol. The molecule has 0 bridgehead atoms. The second-order valence-electron chi connectivity index (χ2n) is 8.07. The van der Waals surface area contributed by atoms with Crippen LogP contribution in [-0.4, -0.2) is 34.5 Å². The summed E-state index contributed by atoms with van der Waals surface area (Å²) in [6.45, 7) is 2.12. The van der Waals surface area contributed by atoms with Gasteiger partial charge in [0.05, 0.1) is 15.6 Å². The molecule has 5 nitrogen and oxygen atoms in total. The van der Waals surface area contributed by atoms with Crippen molar-refractivity contribution in [3.8, 4) is 5.75 Å². The molecule has 1 saturated carbocycles. The number of hydrogen-bond donors (Lipinski definition) is 1. The predicted molar refractivity (Wildman–Crippen MR) is 116 cm³/mol. The Kier molecular flexibility index (Phi) is 6.13. The molecule has 2 aliphatic rings. The van der Waals surface area contributed by atoms with Crippen LogP contribution in [0.1, 0.15) is 66.1 Å². The molecule has 1 unspecified atom stereocenters. The first kappa shape index (κ1) is 21.9. The van der Waals surface area contributed by atoms with Gasteiger partial charge in [-0.15, -0.1) is 0 Å². The van der Waals surface area contributed by atoms with Gasteiger partial charge >= 0.3 is 5.97 Å². The van der Waals surface area contributed by atoms with E-state index in [1.54, 1.807) is 24.3 Å². The number of benzene rings is 2. The lowest BCUT2D eigenvalue weighted by atomic mass is 9.95. The first-order valence-electron chi connectivity index (χ1n) is 10.2. The highest BCUT2D eigenvalue weighted by Crippen LogP contribution is 2.45. The van der Waals surface area contributed by atoms with Crippen molar-refractivity contribution < 1.29 is 23.8 Å². The fourth-order valence-corrected chi connectivity index (χ4v) is 4.40. The molecular formula is C23H22Cl2FNO4. The number of carboxylic acids is 1. The molecule has 0 spiro atoms. The van der Waals surface area contributed by atoms with Gasteiger partial charge in [0.15, 0.2) is 0 Å². The Morgan fingerprint density at radius 3 is 2.55 bits per heavy atom. The highest BCUT2D eigenvalue weighted by atomic mass is 35.5. The van der Waals surface area contributed by atoms with E-state index < -0.39 is 29.8 Å². The van der Waals surface area contributed by atoms with E-state index in [4.69, 9.17) is 27.9 Å². The van der Waals surface area contributed by atoms with E-state index in [1.165, 1.54) is 11.0 Å². The molecule has 2 fully saturated rings. The Balaban J connectivity index is 1.64. The molecule has 0 radical (unpaired) electrons. The highest BCUT2D eigenvalue weighted by Gasteiger charge is 2.37. The average molecular weight is 466 g/mol. The minimum atomic E-state index is -1.06. The predicted octanol–water partition coefficient (Wildman–Crippen LogP) is 5.84. The SMILES string of the molecule is CC(Oc1ccc(Cl)c(Cl)c1)c1cc(F)c(C(=O)N2CCC[C@H]2C(=O)O)cc1C1CC1. The topological polar surface area (TPSA) is 66.8 Å². The molecule has 1 saturated heterocycles. The molecule has 1 aliphatic carbocycles. The number of aliphatic carboxylic acids is 1. The first-order chi connectivity index (χ1) is 14.8. The van der Waals surface area contributed by atoms with Crippen LogP contribution in [0.4, 0.5) is 4.39 Å². The summed E-state index contributed by atoms with van der Waals surface area (Å²) in [6.07, 6.45) is 2.39. The van der Waals surface area contributed by atoms with Gasteiger partial charge in [-0.05, 0) is 73.9 Å². The Labute approximate surface area is 189 Å². The van der Waals surface area contributed by atoms with E-state index in [0.717, 1.165) is 18.4 Å². The van der Waals surface area contributed by atoms with Gasteiger partial charge in [0, 0.05) is 12.6 Å². The van der Waals surface area contributed by atoms with Crippen LogP contribution in [-0.2, 0) is 4.79 Å². The fourth-order valence-electron chi connectivity index (χ4n) is 4.11. The summed E-state index contributed by atoms with van der Waals surface area (Å²) in [5, 5.41) is 10.1. The van der Waals surface area contributed by atoms with Crippen molar-refractivity contribution in [2.45, 2.75) is 50.7 Å². The van der Waals surface area contributed by atoms with Gasteiger partial charge in [0.25, 0.3) is 5.91 Å². The second kappa shape index (κ2) is 8.67. The van der Waals surface area contributed by atoms with Gasteiger partial charge in [-0.3, -0.25) is 4.79 Å². The van der Waals surface area contributed by atoms with Gasteiger partial charge in [0.2, 0.25) is 0 Å². The van der Waals surface area contributed by atoms with E-state index in [1.807, 2.05) is 6.92 Å². The number of carbonyl (C=O) groups excluding carboxylic acids is 1. The molecule has 1 heterocycles. The Hall–Kier alpha value is -2.31. The molecule has 164 valence electrons. The summed E-state index contributed by atoms with van der Waals surface area (Å²) in [5.74, 6) is -1.57. The molecule has 1 N–H and O–H groups in total. The quantitative estimate of drug-likeness (QED) is 0.581. The largest absolute Gasteiger partial charge is 0.486 e. The molecule has 0 aromatic heterocycles. The molecule has 4 rings (SSSR count). The third-order valence-electron chi connectivity index (χ3n) is 5.86. The monoisotopic (exact) mass is 465 g/mol. The zero-order valence-electron chi connectivity index (χ0n) is 16.9. The molecule has 8 heteroatoms. The Morgan fingerprint density at radius 1 is 1.16 bits per heavy atom. The van der Waals surface area contributed by atoms with Crippen LogP contribution in [0.15, 0.2) is 30.3 Å². The van der Waals surface area contributed by atoms with Crippen molar-refractivity contribution in [3.05, 3.63) is 62.9 Å². The number of ether oxygens (including phenoxy) is 1. The zero-order valence-corrected chi connectivity index (χ0v) is 18.4. The van der Waals surface area contributed by atoms with Crippen molar-refractivity contribution in [1.29, 1.82) is 0 Å². The molecule has 2 aromatic carbocycles. The van der Waals surface area contributed by atoms with Crippen molar-refractivity contribution in [3.63, 3.8) is 0 Å². The number of rotatable bonds is 6. The second-order valence-corrected chi connectivity index (χ2v) is 8.88. The maximum atomic E-state index is 15.1. The van der Waals surface area contributed by atoms with Crippen LogP contribution in [0.5, 0.6) is 5.75 Å². The number of likely N-dealkylation sites (tertiary alicyclic amines) is 1. The van der Waals surface area contributed by atoms with Gasteiger partial charge < -0.3 is 14.7 Å². The number of nitrogens with zero attached hydrogens (tertiary/aromatic N) is 1. The maximum absolute atomic E-state index is 15.1. The van der Waals surface area contributed by atoms with E-state index >= 15 is 4.39 Å². The lowest BCUT2D eigenvalue weighted by Gasteiger charge is -2.24. The van der Waals surface area contributed by atoms with Crippen LogP contribution in [0.3, 0.4) is 0 Å². The number of carboxylic acid groups (broad SMARTS) is 1. The standard InChI is InChI=1S/C23H22Cl2FNO4/c1-12(31-14-6-7-18(24)19(25)9-14)15-11-20(26)17(10-16(15)13-4-5-13)22(28)27-8-2-3-21(27)23(29)30/h6-7,9-13,21H,2-5,8H2,1H3,(H,29,30)/t12?,21-/m0/s1. The third-order valence-corrected chi connectivity index (χ3v) is 6.60. The lowest BCUT2D eigenvalue weighted by Crippen LogP contribution is -2.40. The number of carbonyl (C=O) groups is 2. The van der Waals surface area contributed by atoms with Crippen LogP contribution in [0.2, 0.25) is 10.0 Å². The van der Waals surface area contributed by atoms with Gasteiger partial charge in [-0.2, -0.15) is 0 Å². The summed E-state index contributed by atoms with van der Waals surface area (Å²) in [6, 6.07) is 6.93. The van der Waals surface area contributed by atoms with E-state index in [-0.39, 0.29) is 11.5 Å². The van der Waals surface area contributed by atoms with Crippen LogP contribution in [0, 0.1) is 5.82 Å². The smallest absolute Gasteiger partial charge is 0.326 e. The van der Waals surface area contributed by atoms with Crippen LogP contribution >= 0.6 is 23.2 Å². The van der Waals surface area contributed by atoms with Gasteiger partial charge in [-0.25, -0.2) is 9.18 Å². The van der Waals surface area contributed by atoms with Crippen molar-refractivity contribution in [2.75, 3.05) is 6.54 Å². The average Bonchev–Trinajstić information content (AvgIpc) is 3.45. The zero-order chi connectivity index (χ0) is 22.3. The number of hydrogen-bond acceptors (Lipinski definition) is 3. The summed E-state index contributed by atoms with van der Waals surface area (Å²) in [4.78, 5) is 25.7. The maximum Gasteiger partial charge on any atom is 0.326 e. The molecule has 31 heavy (non-hydrogen) atoms. The van der Waals surface area contributed by atoms with E-state index in [2.05, 4.69) is 0 Å². The number of amides is 1. The summed E-state index contributed by atoms with van der Waals surface area (Å²) in [5.41, 5.74) is 1.45. The highest BCUT2D eigenvalue weighted by molar-refractivity contribution is 6.42. The summed E-state index contributed by atoms with van der Waals surface area (Å²) in [7, 11) is 0. The van der Waals surface area contributed by atoms with Crippen molar-refractivity contribution in [2.24, 2.45) is 0 Å². The fraction of sp³-hybridized carbons (Fsp3) is 0.391. The summed E-state index contributed by atoms with van der Waals surface area (Å²) >= 11 is 12.0. The Bertz CT molecular complexity index is 1040. The molecule has 1 amide bonds. The first-order valence-corrected chi connectivity index (χ1v) is 11.0. The van der Waals surface area contributed by atoms with Crippen molar-refractivity contribution >= 4 is 35.1 Å². The summed E-state index contributed by atoms with van der Waals surface area (Å²) < 4.78 is 21.0. The number of halogens is 3. The Morgan fingerprint density at radius 2 is 1.90 bits per heavy atom. The van der Waals surface area contributed by atoms with E-state index in [0.29, 0.717) is 40.7 Å². The minimum absolute atomic E-state index is 0.0828. The minimum Gasteiger partial charge on any atom is -0.486 e. The van der Waals surface area contributed by atoms with Gasteiger partial charge in [0.1, 0.15) is 23.7 Å². The lowest BCUT2D eigenvalue weighted by molar-refractivity contribution is -0.141. The van der Waals surface area contributed by atoms with E-state index in [9.17, 15) is 14.7 Å². The normalized spacial score (nSPS) is 19.4. The van der Waals surface area contributed by atoms with Crippen molar-refractivity contribution in [1.82, 2.24) is 4.90 Å². The van der Waals surface area contributed by atoms with Crippen LogP contribution in [0.25, 0.3) is 0 Å². The van der Waals surface area contributed by atoms with Crippen LogP contribution < -0.4 is 4.74 Å². The third kappa shape index (κ3) is 4.51. The molecule has 1 aliphatic heterocycles.